The third-order valence-electron chi connectivity index (χ3n) is 5.82. The van der Waals surface area contributed by atoms with E-state index in [1.54, 1.807) is 6.07 Å². The van der Waals surface area contributed by atoms with Crippen LogP contribution in [0.3, 0.4) is 0 Å². The van der Waals surface area contributed by atoms with Crippen LogP contribution in [0, 0.1) is 6.92 Å². The van der Waals surface area contributed by atoms with Gasteiger partial charge in [-0.2, -0.15) is 0 Å². The second kappa shape index (κ2) is 11.7. The van der Waals surface area contributed by atoms with Gasteiger partial charge in [-0.25, -0.2) is 4.79 Å². The summed E-state index contributed by atoms with van der Waals surface area (Å²) in [6.45, 7) is 0.835. The van der Waals surface area contributed by atoms with Gasteiger partial charge in [-0.05, 0) is 36.2 Å². The van der Waals surface area contributed by atoms with Crippen molar-refractivity contribution in [2.75, 3.05) is 20.3 Å². The highest BCUT2D eigenvalue weighted by Gasteiger charge is 2.45. The van der Waals surface area contributed by atoms with E-state index in [2.05, 4.69) is 0 Å². The third kappa shape index (κ3) is 6.16. The Morgan fingerprint density at radius 2 is 1.69 bits per heavy atom. The summed E-state index contributed by atoms with van der Waals surface area (Å²) in [5, 5.41) is 69.2. The van der Waals surface area contributed by atoms with Crippen LogP contribution in [0.2, 0.25) is 0 Å². The molecule has 1 aliphatic heterocycles. The first-order valence-electron chi connectivity index (χ1n) is 11.1. The number of aliphatic hydroxyl groups is 4. The Morgan fingerprint density at radius 3 is 2.31 bits per heavy atom. The van der Waals surface area contributed by atoms with Crippen LogP contribution in [-0.2, 0) is 20.6 Å². The zero-order valence-corrected chi connectivity index (χ0v) is 19.6. The molecule has 36 heavy (non-hydrogen) atoms. The van der Waals surface area contributed by atoms with E-state index in [4.69, 9.17) is 18.9 Å². The Morgan fingerprint density at radius 1 is 1.03 bits per heavy atom. The SMILES string of the molecule is COc1cc(C[C@H](CO)O[C@@H]2O[C@H](COC(=O)c3cc(O)c(O)c(O)c3)[C@@H](O)[C@H](O)[C@H]2O)ccc1C. The molecule has 0 amide bonds. The molecule has 12 nitrogen and oxygen atoms in total. The van der Waals surface area contributed by atoms with Gasteiger partial charge in [0.1, 0.15) is 36.8 Å². The van der Waals surface area contributed by atoms with Crippen LogP contribution in [0.1, 0.15) is 21.5 Å². The number of methoxy groups -OCH3 is 1. The normalized spacial score (nSPS) is 24.8. The summed E-state index contributed by atoms with van der Waals surface area (Å²) in [5.74, 6) is -2.68. The standard InChI is InChI=1S/C24H30O12/c1-11-3-4-12(6-17(11)33-2)5-14(9-25)35-24-22(31)21(30)20(29)18(36-24)10-34-23(32)13-7-15(26)19(28)16(27)8-13/h3-4,6-8,14,18,20-22,24-31H,5,9-10H2,1-2H3/t14-,18-,20-,21+,22-,24-/m1/s1. The number of aryl methyl sites for hydroxylation is 1. The third-order valence-corrected chi connectivity index (χ3v) is 5.82. The first kappa shape index (κ1) is 27.5. The molecule has 0 aliphatic carbocycles. The summed E-state index contributed by atoms with van der Waals surface area (Å²) in [6.07, 6.45) is -8.47. The van der Waals surface area contributed by atoms with E-state index in [0.717, 1.165) is 23.3 Å². The molecule has 0 bridgehead atoms. The fourth-order valence-electron chi connectivity index (χ4n) is 3.73. The highest BCUT2D eigenvalue weighted by molar-refractivity contribution is 5.91. The molecule has 0 radical (unpaired) electrons. The second-order valence-corrected chi connectivity index (χ2v) is 8.43. The molecular weight excluding hydrogens is 480 g/mol. The molecule has 0 aromatic heterocycles. The maximum atomic E-state index is 12.3. The molecule has 0 saturated carbocycles. The lowest BCUT2D eigenvalue weighted by atomic mass is 9.99. The van der Waals surface area contributed by atoms with Gasteiger partial charge in [0, 0.05) is 6.42 Å². The molecule has 12 heteroatoms. The molecule has 6 atom stereocenters. The summed E-state index contributed by atoms with van der Waals surface area (Å²) in [7, 11) is 1.53. The van der Waals surface area contributed by atoms with Gasteiger partial charge in [0.15, 0.2) is 23.5 Å². The molecule has 0 spiro atoms. The molecule has 3 rings (SSSR count). The number of phenols is 3. The number of aromatic hydroxyl groups is 3. The summed E-state index contributed by atoms with van der Waals surface area (Å²) < 4.78 is 21.5. The van der Waals surface area contributed by atoms with Crippen molar-refractivity contribution in [2.24, 2.45) is 0 Å². The molecule has 1 saturated heterocycles. The first-order chi connectivity index (χ1) is 17.0. The van der Waals surface area contributed by atoms with E-state index < -0.39 is 73.2 Å². The van der Waals surface area contributed by atoms with E-state index in [0.29, 0.717) is 5.75 Å². The van der Waals surface area contributed by atoms with Crippen molar-refractivity contribution in [2.45, 2.75) is 50.2 Å². The molecule has 1 heterocycles. The topological polar surface area (TPSA) is 196 Å². The van der Waals surface area contributed by atoms with Gasteiger partial charge in [-0.15, -0.1) is 0 Å². The van der Waals surface area contributed by atoms with Crippen LogP contribution in [0.5, 0.6) is 23.0 Å². The van der Waals surface area contributed by atoms with Gasteiger partial charge in [-0.1, -0.05) is 12.1 Å². The molecule has 2 aromatic carbocycles. The van der Waals surface area contributed by atoms with Crippen LogP contribution >= 0.6 is 0 Å². The summed E-state index contributed by atoms with van der Waals surface area (Å²) in [6, 6.07) is 7.17. The van der Waals surface area contributed by atoms with Crippen molar-refractivity contribution in [3.05, 3.63) is 47.0 Å². The zero-order chi connectivity index (χ0) is 26.6. The lowest BCUT2D eigenvalue weighted by Gasteiger charge is -2.41. The second-order valence-electron chi connectivity index (χ2n) is 8.43. The largest absolute Gasteiger partial charge is 0.504 e. The number of aliphatic hydroxyl groups excluding tert-OH is 4. The number of rotatable bonds is 9. The lowest BCUT2D eigenvalue weighted by molar-refractivity contribution is -0.312. The molecule has 2 aromatic rings. The molecular formula is C24H30O12. The lowest BCUT2D eigenvalue weighted by Crippen LogP contribution is -2.60. The summed E-state index contributed by atoms with van der Waals surface area (Å²) in [5.41, 5.74) is 1.39. The molecule has 1 fully saturated rings. The number of esters is 1. The Labute approximate surface area is 206 Å². The number of phenolic OH excluding ortho intramolecular Hbond substituents is 3. The highest BCUT2D eigenvalue weighted by atomic mass is 16.7. The molecule has 7 N–H and O–H groups in total. The fourth-order valence-corrected chi connectivity index (χ4v) is 3.73. The van der Waals surface area contributed by atoms with Crippen molar-refractivity contribution in [1.29, 1.82) is 0 Å². The summed E-state index contributed by atoms with van der Waals surface area (Å²) >= 11 is 0. The minimum Gasteiger partial charge on any atom is -0.504 e. The van der Waals surface area contributed by atoms with Crippen LogP contribution in [0.25, 0.3) is 0 Å². The predicted molar refractivity (Wildman–Crippen MR) is 122 cm³/mol. The van der Waals surface area contributed by atoms with Gasteiger partial charge in [-0.3, -0.25) is 0 Å². The van der Waals surface area contributed by atoms with Crippen LogP contribution in [-0.4, -0.2) is 98.8 Å². The predicted octanol–water partition coefficient (Wildman–Crippen LogP) is -0.295. The van der Waals surface area contributed by atoms with Gasteiger partial charge < -0.3 is 54.7 Å². The minimum atomic E-state index is -1.71. The van der Waals surface area contributed by atoms with Crippen molar-refractivity contribution >= 4 is 5.97 Å². The zero-order valence-electron chi connectivity index (χ0n) is 19.6. The van der Waals surface area contributed by atoms with Crippen molar-refractivity contribution in [3.8, 4) is 23.0 Å². The number of benzene rings is 2. The van der Waals surface area contributed by atoms with Crippen molar-refractivity contribution < 1.29 is 59.5 Å². The van der Waals surface area contributed by atoms with Gasteiger partial charge in [0.05, 0.1) is 25.4 Å². The monoisotopic (exact) mass is 510 g/mol. The van der Waals surface area contributed by atoms with Crippen molar-refractivity contribution in [1.82, 2.24) is 0 Å². The minimum absolute atomic E-state index is 0.214. The van der Waals surface area contributed by atoms with E-state index in [1.165, 1.54) is 7.11 Å². The van der Waals surface area contributed by atoms with Gasteiger partial charge in [0.25, 0.3) is 0 Å². The smallest absolute Gasteiger partial charge is 0.338 e. The first-order valence-corrected chi connectivity index (χ1v) is 11.1. The Balaban J connectivity index is 1.66. The van der Waals surface area contributed by atoms with Crippen LogP contribution in [0.15, 0.2) is 30.3 Å². The van der Waals surface area contributed by atoms with Gasteiger partial charge >= 0.3 is 5.97 Å². The number of carbonyl (C=O) groups is 1. The van der Waals surface area contributed by atoms with Crippen molar-refractivity contribution in [3.63, 3.8) is 0 Å². The number of ether oxygens (including phenoxy) is 4. The van der Waals surface area contributed by atoms with E-state index >= 15 is 0 Å². The van der Waals surface area contributed by atoms with E-state index in [-0.39, 0.29) is 12.0 Å². The highest BCUT2D eigenvalue weighted by Crippen LogP contribution is 2.35. The maximum Gasteiger partial charge on any atom is 0.338 e. The van der Waals surface area contributed by atoms with Crippen LogP contribution in [0.4, 0.5) is 0 Å². The van der Waals surface area contributed by atoms with Gasteiger partial charge in [0.2, 0.25) is 0 Å². The Bertz CT molecular complexity index is 1030. The fraction of sp³-hybridized carbons (Fsp3) is 0.458. The quantitative estimate of drug-likeness (QED) is 0.172. The maximum absolute atomic E-state index is 12.3. The number of carbonyl (C=O) groups excluding carboxylic acids is 1. The molecule has 0 unspecified atom stereocenters. The molecule has 198 valence electrons. The van der Waals surface area contributed by atoms with E-state index in [1.807, 2.05) is 19.1 Å². The molecule has 1 aliphatic rings. The van der Waals surface area contributed by atoms with Crippen LogP contribution < -0.4 is 4.74 Å². The Kier molecular flexibility index (Phi) is 8.95. The average molecular weight is 510 g/mol. The summed E-state index contributed by atoms with van der Waals surface area (Å²) in [4.78, 5) is 12.3. The Hall–Kier alpha value is -3.13. The van der Waals surface area contributed by atoms with E-state index in [9.17, 15) is 40.5 Å². The number of hydrogen-bond acceptors (Lipinski definition) is 12. The average Bonchev–Trinajstić information content (AvgIpc) is 2.86. The number of hydrogen-bond donors (Lipinski definition) is 7.